The molecule has 1 amide bonds. The SMILES string of the molecule is CCCOc1cccc(/C(O)=C2\C(=O)C(=O)N(c3cc(F)ccc3F)C2c2cccc(C)c2)c1. The molecule has 0 radical (unpaired) electrons. The van der Waals surface area contributed by atoms with E-state index in [0.29, 0.717) is 17.9 Å². The minimum absolute atomic E-state index is 0.216. The molecule has 174 valence electrons. The number of aliphatic hydroxyl groups excluding tert-OH is 1. The molecular weight excluding hydrogens is 440 g/mol. The number of hydrogen-bond donors (Lipinski definition) is 1. The van der Waals surface area contributed by atoms with Crippen molar-refractivity contribution in [1.82, 2.24) is 0 Å². The lowest BCUT2D eigenvalue weighted by Gasteiger charge is -2.26. The summed E-state index contributed by atoms with van der Waals surface area (Å²) in [5.41, 5.74) is 0.976. The summed E-state index contributed by atoms with van der Waals surface area (Å²) in [4.78, 5) is 27.2. The Kier molecular flexibility index (Phi) is 6.45. The Labute approximate surface area is 195 Å². The first-order valence-corrected chi connectivity index (χ1v) is 10.9. The first-order chi connectivity index (χ1) is 16.3. The molecule has 1 aliphatic rings. The van der Waals surface area contributed by atoms with Crippen LogP contribution in [0.5, 0.6) is 5.75 Å². The maximum absolute atomic E-state index is 14.7. The fourth-order valence-electron chi connectivity index (χ4n) is 4.02. The van der Waals surface area contributed by atoms with Gasteiger partial charge in [0.05, 0.1) is 23.9 Å². The van der Waals surface area contributed by atoms with Gasteiger partial charge < -0.3 is 9.84 Å². The van der Waals surface area contributed by atoms with Crippen molar-refractivity contribution in [3.63, 3.8) is 0 Å². The van der Waals surface area contributed by atoms with E-state index in [-0.39, 0.29) is 16.8 Å². The Morgan fingerprint density at radius 1 is 1.03 bits per heavy atom. The Hall–Kier alpha value is -4.00. The third kappa shape index (κ3) is 4.29. The van der Waals surface area contributed by atoms with Crippen LogP contribution in [0.4, 0.5) is 14.5 Å². The van der Waals surface area contributed by atoms with E-state index in [2.05, 4.69) is 0 Å². The van der Waals surface area contributed by atoms with Crippen LogP contribution in [-0.2, 0) is 9.59 Å². The number of halogens is 2. The first-order valence-electron chi connectivity index (χ1n) is 10.9. The van der Waals surface area contributed by atoms with Gasteiger partial charge in [-0.3, -0.25) is 14.5 Å². The van der Waals surface area contributed by atoms with Crippen LogP contribution in [0.1, 0.15) is 36.1 Å². The first kappa shape index (κ1) is 23.2. The van der Waals surface area contributed by atoms with Crippen molar-refractivity contribution in [2.75, 3.05) is 11.5 Å². The molecule has 0 aliphatic carbocycles. The molecule has 1 N–H and O–H groups in total. The minimum atomic E-state index is -1.16. The number of ether oxygens (including phenoxy) is 1. The average molecular weight is 463 g/mol. The molecule has 1 unspecified atom stereocenters. The second-order valence-corrected chi connectivity index (χ2v) is 8.06. The molecule has 1 aliphatic heterocycles. The van der Waals surface area contributed by atoms with Crippen molar-refractivity contribution in [1.29, 1.82) is 0 Å². The molecule has 3 aromatic rings. The van der Waals surface area contributed by atoms with Gasteiger partial charge in [-0.25, -0.2) is 8.78 Å². The predicted octanol–water partition coefficient (Wildman–Crippen LogP) is 5.69. The van der Waals surface area contributed by atoms with E-state index in [0.717, 1.165) is 35.1 Å². The summed E-state index contributed by atoms with van der Waals surface area (Å²) in [5.74, 6) is -3.61. The molecule has 0 spiro atoms. The molecule has 0 aromatic heterocycles. The number of aliphatic hydroxyl groups is 1. The van der Waals surface area contributed by atoms with Gasteiger partial charge in [0.15, 0.2) is 0 Å². The van der Waals surface area contributed by atoms with Crippen molar-refractivity contribution in [2.45, 2.75) is 26.3 Å². The number of nitrogens with zero attached hydrogens (tertiary/aromatic N) is 1. The van der Waals surface area contributed by atoms with E-state index < -0.39 is 35.1 Å². The van der Waals surface area contributed by atoms with Crippen molar-refractivity contribution in [3.05, 3.63) is 101 Å². The molecule has 0 bridgehead atoms. The third-order valence-corrected chi connectivity index (χ3v) is 5.55. The van der Waals surface area contributed by atoms with Crippen LogP contribution in [0, 0.1) is 18.6 Å². The molecular formula is C27H23F2NO4. The van der Waals surface area contributed by atoms with Crippen molar-refractivity contribution in [2.24, 2.45) is 0 Å². The van der Waals surface area contributed by atoms with E-state index in [1.807, 2.05) is 19.9 Å². The molecule has 7 heteroatoms. The number of carbonyl (C=O) groups is 2. The van der Waals surface area contributed by atoms with E-state index >= 15 is 0 Å². The highest BCUT2D eigenvalue weighted by Crippen LogP contribution is 2.43. The molecule has 5 nitrogen and oxygen atoms in total. The van der Waals surface area contributed by atoms with Crippen molar-refractivity contribution >= 4 is 23.1 Å². The zero-order valence-electron chi connectivity index (χ0n) is 18.7. The quantitative estimate of drug-likeness (QED) is 0.290. The van der Waals surface area contributed by atoms with Gasteiger partial charge in [0.1, 0.15) is 23.1 Å². The maximum Gasteiger partial charge on any atom is 0.300 e. The molecule has 3 aromatic carbocycles. The number of anilines is 1. The second kappa shape index (κ2) is 9.47. The maximum atomic E-state index is 14.7. The summed E-state index contributed by atoms with van der Waals surface area (Å²) in [6.07, 6.45) is 0.786. The van der Waals surface area contributed by atoms with Gasteiger partial charge in [-0.15, -0.1) is 0 Å². The Bertz CT molecular complexity index is 1300. The van der Waals surface area contributed by atoms with Crippen LogP contribution < -0.4 is 9.64 Å². The number of benzene rings is 3. The molecule has 4 rings (SSSR count). The van der Waals surface area contributed by atoms with Crippen LogP contribution in [-0.4, -0.2) is 23.4 Å². The van der Waals surface area contributed by atoms with Crippen LogP contribution in [0.15, 0.2) is 72.3 Å². The highest BCUT2D eigenvalue weighted by molar-refractivity contribution is 6.51. The molecule has 0 saturated carbocycles. The standard InChI is InChI=1S/C27H23F2NO4/c1-3-12-34-20-9-5-8-18(14-20)25(31)23-24(17-7-4-6-16(2)13-17)30(27(33)26(23)32)22-15-19(28)10-11-21(22)29/h4-11,13-15,24,31H,3,12H2,1-2H3/b25-23+. The van der Waals surface area contributed by atoms with Gasteiger partial charge >= 0.3 is 0 Å². The smallest absolute Gasteiger partial charge is 0.300 e. The number of carbonyl (C=O) groups excluding carboxylic acids is 2. The van der Waals surface area contributed by atoms with Crippen molar-refractivity contribution < 1.29 is 28.2 Å². The number of Topliss-reactive ketones (excluding diaryl/α,β-unsaturated/α-hetero) is 1. The number of amides is 1. The lowest BCUT2D eigenvalue weighted by atomic mass is 9.94. The summed E-state index contributed by atoms with van der Waals surface area (Å²) in [6, 6.07) is 15.0. The second-order valence-electron chi connectivity index (χ2n) is 8.06. The molecule has 34 heavy (non-hydrogen) atoms. The van der Waals surface area contributed by atoms with E-state index in [1.54, 1.807) is 42.5 Å². The van der Waals surface area contributed by atoms with E-state index in [4.69, 9.17) is 4.74 Å². The predicted molar refractivity (Wildman–Crippen MR) is 125 cm³/mol. The highest BCUT2D eigenvalue weighted by Gasteiger charge is 2.47. The number of rotatable bonds is 6. The number of ketones is 1. The van der Waals surface area contributed by atoms with Gasteiger partial charge in [0.2, 0.25) is 0 Å². The Morgan fingerprint density at radius 3 is 2.53 bits per heavy atom. The fourth-order valence-corrected chi connectivity index (χ4v) is 4.02. The van der Waals surface area contributed by atoms with Crippen LogP contribution >= 0.6 is 0 Å². The summed E-state index contributed by atoms with van der Waals surface area (Å²) in [5, 5.41) is 11.2. The topological polar surface area (TPSA) is 66.8 Å². The lowest BCUT2D eigenvalue weighted by molar-refractivity contribution is -0.132. The van der Waals surface area contributed by atoms with Crippen molar-refractivity contribution in [3.8, 4) is 5.75 Å². The third-order valence-electron chi connectivity index (χ3n) is 5.55. The summed E-state index contributed by atoms with van der Waals surface area (Å²) in [7, 11) is 0. The number of hydrogen-bond acceptors (Lipinski definition) is 4. The number of aryl methyl sites for hydroxylation is 1. The molecule has 1 saturated heterocycles. The molecule has 1 fully saturated rings. The summed E-state index contributed by atoms with van der Waals surface area (Å²) >= 11 is 0. The monoisotopic (exact) mass is 463 g/mol. The van der Waals surface area contributed by atoms with Crippen LogP contribution in [0.2, 0.25) is 0 Å². The van der Waals surface area contributed by atoms with Gasteiger partial charge in [0, 0.05) is 11.6 Å². The van der Waals surface area contributed by atoms with Gasteiger partial charge in [-0.1, -0.05) is 48.9 Å². The molecule has 1 atom stereocenters. The van der Waals surface area contributed by atoms with E-state index in [9.17, 15) is 23.5 Å². The van der Waals surface area contributed by atoms with Crippen LogP contribution in [0.3, 0.4) is 0 Å². The molecule has 1 heterocycles. The lowest BCUT2D eigenvalue weighted by Crippen LogP contribution is -2.30. The van der Waals surface area contributed by atoms with Gasteiger partial charge in [-0.2, -0.15) is 0 Å². The fraction of sp³-hybridized carbons (Fsp3) is 0.185. The summed E-state index contributed by atoms with van der Waals surface area (Å²) < 4.78 is 34.4. The minimum Gasteiger partial charge on any atom is -0.507 e. The largest absolute Gasteiger partial charge is 0.507 e. The summed E-state index contributed by atoms with van der Waals surface area (Å²) in [6.45, 7) is 4.25. The average Bonchev–Trinajstić information content (AvgIpc) is 3.09. The van der Waals surface area contributed by atoms with Gasteiger partial charge in [-0.05, 0) is 43.2 Å². The Morgan fingerprint density at radius 2 is 1.79 bits per heavy atom. The normalized spacial score (nSPS) is 17.3. The van der Waals surface area contributed by atoms with E-state index in [1.165, 1.54) is 0 Å². The zero-order valence-corrected chi connectivity index (χ0v) is 18.7. The van der Waals surface area contributed by atoms with Gasteiger partial charge in [0.25, 0.3) is 11.7 Å². The van der Waals surface area contributed by atoms with Crippen LogP contribution in [0.25, 0.3) is 5.76 Å². The highest BCUT2D eigenvalue weighted by atomic mass is 19.1. The zero-order chi connectivity index (χ0) is 24.4. The Balaban J connectivity index is 1.93.